The second kappa shape index (κ2) is 6.26. The smallest absolute Gasteiger partial charge is 0.325 e. The van der Waals surface area contributed by atoms with Gasteiger partial charge in [-0.3, -0.25) is 9.59 Å². The van der Waals surface area contributed by atoms with E-state index in [0.717, 1.165) is 0 Å². The number of nitrogens with one attached hydrogen (secondary N) is 1. The summed E-state index contributed by atoms with van der Waals surface area (Å²) in [7, 11) is 0. The molecule has 90 valence electrons. The van der Waals surface area contributed by atoms with E-state index in [-0.39, 0.29) is 6.54 Å². The molecule has 6 nitrogen and oxygen atoms in total. The van der Waals surface area contributed by atoms with Gasteiger partial charge in [-0.25, -0.2) is 0 Å². The van der Waals surface area contributed by atoms with E-state index in [1.165, 1.54) is 0 Å². The molecule has 0 radical (unpaired) electrons. The number of aliphatic carboxylic acids is 1. The minimum Gasteiger partial charge on any atom is -0.546 e. The second-order valence-electron chi connectivity index (χ2n) is 3.08. The van der Waals surface area contributed by atoms with Gasteiger partial charge in [0.2, 0.25) is 0 Å². The van der Waals surface area contributed by atoms with Crippen LogP contribution in [-0.4, -0.2) is 31.0 Å². The lowest BCUT2D eigenvalue weighted by Crippen LogP contribution is -2.34. The summed E-state index contributed by atoms with van der Waals surface area (Å²) >= 11 is 0. The van der Waals surface area contributed by atoms with Gasteiger partial charge in [0.05, 0.1) is 5.97 Å². The van der Waals surface area contributed by atoms with Crippen LogP contribution in [0.1, 0.15) is 10.4 Å². The maximum absolute atomic E-state index is 11.4. The van der Waals surface area contributed by atoms with Gasteiger partial charge in [-0.2, -0.15) is 0 Å². The van der Waals surface area contributed by atoms with Crippen LogP contribution in [0.15, 0.2) is 30.3 Å². The topological polar surface area (TPSA) is 95.5 Å². The summed E-state index contributed by atoms with van der Waals surface area (Å²) in [6.07, 6.45) is 0. The highest BCUT2D eigenvalue weighted by Crippen LogP contribution is 1.97. The lowest BCUT2D eigenvalue weighted by molar-refractivity contribution is -0.308. The molecule has 0 spiro atoms. The van der Waals surface area contributed by atoms with Crippen molar-refractivity contribution in [2.45, 2.75) is 0 Å². The van der Waals surface area contributed by atoms with E-state index in [1.807, 2.05) is 0 Å². The van der Waals surface area contributed by atoms with Crippen LogP contribution in [0.2, 0.25) is 0 Å². The summed E-state index contributed by atoms with van der Waals surface area (Å²) in [5, 5.41) is 12.3. The molecule has 1 N–H and O–H groups in total. The molecule has 17 heavy (non-hydrogen) atoms. The Hall–Kier alpha value is -2.37. The number of carbonyl (C=O) groups is 3. The van der Waals surface area contributed by atoms with E-state index < -0.39 is 24.5 Å². The van der Waals surface area contributed by atoms with Crippen molar-refractivity contribution in [3.05, 3.63) is 35.9 Å². The van der Waals surface area contributed by atoms with Gasteiger partial charge in [0.25, 0.3) is 5.91 Å². The van der Waals surface area contributed by atoms with Gasteiger partial charge >= 0.3 is 5.97 Å². The van der Waals surface area contributed by atoms with E-state index in [1.54, 1.807) is 30.3 Å². The fourth-order valence-corrected chi connectivity index (χ4v) is 1.03. The first-order valence-corrected chi connectivity index (χ1v) is 4.78. The zero-order chi connectivity index (χ0) is 12.7. The number of carbonyl (C=O) groups excluding carboxylic acids is 3. The van der Waals surface area contributed by atoms with Crippen LogP contribution in [0.4, 0.5) is 0 Å². The summed E-state index contributed by atoms with van der Waals surface area (Å²) in [6.45, 7) is -1.21. The molecule has 0 atom stereocenters. The lowest BCUT2D eigenvalue weighted by atomic mass is 10.2. The quantitative estimate of drug-likeness (QED) is 0.642. The molecule has 6 heteroatoms. The molecule has 0 saturated heterocycles. The molecular weight excluding hydrogens is 226 g/mol. The zero-order valence-corrected chi connectivity index (χ0v) is 8.84. The number of carboxylic acids is 1. The SMILES string of the molecule is O=C([O-])COC(=O)CNC(=O)c1ccccc1. The third kappa shape index (κ3) is 4.78. The number of hydrogen-bond acceptors (Lipinski definition) is 5. The first-order chi connectivity index (χ1) is 8.09. The number of benzene rings is 1. The summed E-state index contributed by atoms with van der Waals surface area (Å²) in [6, 6.07) is 8.29. The van der Waals surface area contributed by atoms with Gasteiger partial charge in [-0.05, 0) is 12.1 Å². The molecule has 0 bridgehead atoms. The Morgan fingerprint density at radius 3 is 2.41 bits per heavy atom. The molecular formula is C11H10NO5-. The number of esters is 1. The minimum absolute atomic E-state index is 0.388. The van der Waals surface area contributed by atoms with Gasteiger partial charge in [-0.15, -0.1) is 0 Å². The molecule has 0 aliphatic carbocycles. The van der Waals surface area contributed by atoms with Crippen LogP contribution in [-0.2, 0) is 14.3 Å². The Balaban J connectivity index is 2.34. The van der Waals surface area contributed by atoms with Crippen LogP contribution in [0, 0.1) is 0 Å². The van der Waals surface area contributed by atoms with Gasteiger partial charge in [-0.1, -0.05) is 18.2 Å². The fourth-order valence-electron chi connectivity index (χ4n) is 1.03. The maximum Gasteiger partial charge on any atom is 0.325 e. The molecule has 1 rings (SSSR count). The highest BCUT2D eigenvalue weighted by atomic mass is 16.5. The molecule has 0 aliphatic heterocycles. The van der Waals surface area contributed by atoms with Crippen LogP contribution in [0.5, 0.6) is 0 Å². The fraction of sp³-hybridized carbons (Fsp3) is 0.182. The van der Waals surface area contributed by atoms with Crippen LogP contribution in [0.3, 0.4) is 0 Å². The molecule has 0 heterocycles. The summed E-state index contributed by atoms with van der Waals surface area (Å²) < 4.78 is 4.27. The Morgan fingerprint density at radius 2 is 1.82 bits per heavy atom. The number of rotatable bonds is 5. The van der Waals surface area contributed by atoms with Crippen molar-refractivity contribution in [1.82, 2.24) is 5.32 Å². The monoisotopic (exact) mass is 236 g/mol. The summed E-state index contributed by atoms with van der Waals surface area (Å²) in [5.41, 5.74) is 0.403. The standard InChI is InChI=1S/C11H11NO5/c13-9(14)7-17-10(15)6-12-11(16)8-4-2-1-3-5-8/h1-5H,6-7H2,(H,12,16)(H,13,14)/p-1. The van der Waals surface area contributed by atoms with Gasteiger partial charge in [0.1, 0.15) is 13.2 Å². The first kappa shape index (κ1) is 12.7. The predicted molar refractivity (Wildman–Crippen MR) is 54.7 cm³/mol. The Labute approximate surface area is 97.2 Å². The van der Waals surface area contributed by atoms with Gasteiger partial charge in [0.15, 0.2) is 0 Å². The molecule has 0 aliphatic rings. The van der Waals surface area contributed by atoms with E-state index in [0.29, 0.717) is 5.56 Å². The van der Waals surface area contributed by atoms with Crippen LogP contribution in [0.25, 0.3) is 0 Å². The zero-order valence-electron chi connectivity index (χ0n) is 8.84. The van der Waals surface area contributed by atoms with E-state index in [2.05, 4.69) is 10.1 Å². The van der Waals surface area contributed by atoms with Crippen LogP contribution >= 0.6 is 0 Å². The Bertz CT molecular complexity index is 415. The molecule has 0 fully saturated rings. The lowest BCUT2D eigenvalue weighted by Gasteiger charge is -2.06. The first-order valence-electron chi connectivity index (χ1n) is 4.78. The largest absolute Gasteiger partial charge is 0.546 e. The van der Waals surface area contributed by atoms with Crippen molar-refractivity contribution in [3.8, 4) is 0 Å². The van der Waals surface area contributed by atoms with Gasteiger partial charge in [0, 0.05) is 5.56 Å². The normalized spacial score (nSPS) is 9.41. The number of carboxylic acid groups (broad SMARTS) is 1. The van der Waals surface area contributed by atoms with E-state index >= 15 is 0 Å². The van der Waals surface area contributed by atoms with Crippen molar-refractivity contribution >= 4 is 17.8 Å². The van der Waals surface area contributed by atoms with Crippen molar-refractivity contribution in [3.63, 3.8) is 0 Å². The number of amides is 1. The molecule has 1 aromatic rings. The number of hydrogen-bond donors (Lipinski definition) is 1. The van der Waals surface area contributed by atoms with Crippen LogP contribution < -0.4 is 10.4 Å². The van der Waals surface area contributed by atoms with Crippen molar-refractivity contribution in [1.29, 1.82) is 0 Å². The molecule has 0 aromatic heterocycles. The molecule has 1 aromatic carbocycles. The van der Waals surface area contributed by atoms with Crippen molar-refractivity contribution in [2.75, 3.05) is 13.2 Å². The van der Waals surface area contributed by atoms with E-state index in [9.17, 15) is 19.5 Å². The van der Waals surface area contributed by atoms with E-state index in [4.69, 9.17) is 0 Å². The molecule has 1 amide bonds. The third-order valence-corrected chi connectivity index (χ3v) is 1.78. The highest BCUT2D eigenvalue weighted by molar-refractivity contribution is 5.95. The highest BCUT2D eigenvalue weighted by Gasteiger charge is 2.07. The van der Waals surface area contributed by atoms with Crippen molar-refractivity contribution in [2.24, 2.45) is 0 Å². The average molecular weight is 236 g/mol. The molecule has 0 saturated carbocycles. The third-order valence-electron chi connectivity index (χ3n) is 1.78. The Morgan fingerprint density at radius 1 is 1.18 bits per heavy atom. The predicted octanol–water partition coefficient (Wildman–Crippen LogP) is -1.29. The minimum atomic E-state index is -1.49. The maximum atomic E-state index is 11.4. The number of ether oxygens (including phenoxy) is 1. The van der Waals surface area contributed by atoms with Gasteiger partial charge < -0.3 is 20.0 Å². The van der Waals surface area contributed by atoms with Crippen molar-refractivity contribution < 1.29 is 24.2 Å². The molecule has 0 unspecified atom stereocenters. The summed E-state index contributed by atoms with van der Waals surface area (Å²) in [5.74, 6) is -2.76. The Kier molecular flexibility index (Phi) is 4.68. The summed E-state index contributed by atoms with van der Waals surface area (Å²) in [4.78, 5) is 32.4. The average Bonchev–Trinajstić information content (AvgIpc) is 2.34. The second-order valence-corrected chi connectivity index (χ2v) is 3.08.